The molecule has 0 aliphatic rings. The highest BCUT2D eigenvalue weighted by molar-refractivity contribution is 5.97. The van der Waals surface area contributed by atoms with Gasteiger partial charge in [-0.25, -0.2) is 0 Å². The zero-order chi connectivity index (χ0) is 9.84. The summed E-state index contributed by atoms with van der Waals surface area (Å²) in [5, 5.41) is 11.6. The number of methoxy groups -OCH3 is 1. The second-order valence-electron chi connectivity index (χ2n) is 2.46. The zero-order valence-electron chi connectivity index (χ0n) is 7.50. The fourth-order valence-electron chi connectivity index (χ4n) is 1.01. The van der Waals surface area contributed by atoms with Gasteiger partial charge in [0.05, 0.1) is 12.7 Å². The first-order chi connectivity index (χ1) is 6.19. The quantitative estimate of drug-likeness (QED) is 0.708. The molecule has 4 heteroatoms. The van der Waals surface area contributed by atoms with Crippen molar-refractivity contribution >= 4 is 5.91 Å². The highest BCUT2D eigenvalue weighted by Gasteiger charge is 2.10. The van der Waals surface area contributed by atoms with Gasteiger partial charge in [0.1, 0.15) is 11.5 Å². The number of hydrogen-bond acceptors (Lipinski definition) is 3. The first-order valence-corrected chi connectivity index (χ1v) is 3.78. The molecule has 0 radical (unpaired) electrons. The van der Waals surface area contributed by atoms with Crippen molar-refractivity contribution < 1.29 is 14.6 Å². The van der Waals surface area contributed by atoms with E-state index in [0.29, 0.717) is 11.3 Å². The summed E-state index contributed by atoms with van der Waals surface area (Å²) >= 11 is 0. The van der Waals surface area contributed by atoms with E-state index in [1.165, 1.54) is 26.3 Å². The molecule has 0 saturated heterocycles. The highest BCUT2D eigenvalue weighted by atomic mass is 16.5. The minimum atomic E-state index is -0.284. The van der Waals surface area contributed by atoms with Crippen LogP contribution in [0.5, 0.6) is 11.5 Å². The SMILES string of the molecule is CNC(=O)c1cc(O)ccc1OC. The van der Waals surface area contributed by atoms with Crippen LogP contribution in [0.1, 0.15) is 10.4 Å². The lowest BCUT2D eigenvalue weighted by Gasteiger charge is -2.06. The lowest BCUT2D eigenvalue weighted by atomic mass is 10.2. The van der Waals surface area contributed by atoms with Crippen LogP contribution in [-0.4, -0.2) is 25.2 Å². The molecular formula is C9H11NO3. The maximum atomic E-state index is 11.2. The molecule has 4 nitrogen and oxygen atoms in total. The van der Waals surface area contributed by atoms with Gasteiger partial charge in [0.25, 0.3) is 5.91 Å². The van der Waals surface area contributed by atoms with Gasteiger partial charge in [-0.05, 0) is 18.2 Å². The average Bonchev–Trinajstić information content (AvgIpc) is 2.16. The van der Waals surface area contributed by atoms with Crippen molar-refractivity contribution in [1.82, 2.24) is 5.32 Å². The Balaban J connectivity index is 3.15. The lowest BCUT2D eigenvalue weighted by Crippen LogP contribution is -2.18. The Labute approximate surface area is 76.1 Å². The van der Waals surface area contributed by atoms with Crippen molar-refractivity contribution in [3.8, 4) is 11.5 Å². The normalized spacial score (nSPS) is 9.38. The highest BCUT2D eigenvalue weighted by Crippen LogP contribution is 2.22. The van der Waals surface area contributed by atoms with Gasteiger partial charge in [0.15, 0.2) is 0 Å². The third kappa shape index (κ3) is 1.90. The Hall–Kier alpha value is -1.71. The lowest BCUT2D eigenvalue weighted by molar-refractivity contribution is 0.0959. The molecule has 0 aliphatic carbocycles. The number of hydrogen-bond donors (Lipinski definition) is 2. The molecule has 0 heterocycles. The molecule has 0 bridgehead atoms. The molecule has 2 N–H and O–H groups in total. The number of phenols is 1. The van der Waals surface area contributed by atoms with E-state index in [9.17, 15) is 4.79 Å². The summed E-state index contributed by atoms with van der Waals surface area (Å²) in [5.41, 5.74) is 0.324. The van der Waals surface area contributed by atoms with E-state index >= 15 is 0 Å². The monoisotopic (exact) mass is 181 g/mol. The summed E-state index contributed by atoms with van der Waals surface area (Å²) < 4.78 is 4.95. The van der Waals surface area contributed by atoms with Crippen molar-refractivity contribution in [1.29, 1.82) is 0 Å². The number of rotatable bonds is 2. The smallest absolute Gasteiger partial charge is 0.254 e. The Bertz CT molecular complexity index is 323. The molecule has 13 heavy (non-hydrogen) atoms. The zero-order valence-corrected chi connectivity index (χ0v) is 7.50. The molecule has 0 saturated carbocycles. The molecule has 70 valence electrons. The van der Waals surface area contributed by atoms with Gasteiger partial charge in [0, 0.05) is 7.05 Å². The number of phenolic OH excluding ortho intramolecular Hbond substituents is 1. The molecule has 1 rings (SSSR count). The predicted molar refractivity (Wildman–Crippen MR) is 48.0 cm³/mol. The summed E-state index contributed by atoms with van der Waals surface area (Å²) in [4.78, 5) is 11.2. The average molecular weight is 181 g/mol. The van der Waals surface area contributed by atoms with Crippen LogP contribution in [0.15, 0.2) is 18.2 Å². The minimum Gasteiger partial charge on any atom is -0.508 e. The molecule has 0 atom stereocenters. The van der Waals surface area contributed by atoms with E-state index in [1.54, 1.807) is 6.07 Å². The van der Waals surface area contributed by atoms with E-state index in [0.717, 1.165) is 0 Å². The molecule has 1 aromatic rings. The van der Waals surface area contributed by atoms with Crippen LogP contribution in [0.2, 0.25) is 0 Å². The second kappa shape index (κ2) is 3.80. The Morgan fingerprint density at radius 3 is 2.77 bits per heavy atom. The van der Waals surface area contributed by atoms with Gasteiger partial charge < -0.3 is 15.2 Å². The van der Waals surface area contributed by atoms with Crippen molar-refractivity contribution in [2.75, 3.05) is 14.2 Å². The largest absolute Gasteiger partial charge is 0.508 e. The van der Waals surface area contributed by atoms with Gasteiger partial charge >= 0.3 is 0 Å². The fourth-order valence-corrected chi connectivity index (χ4v) is 1.01. The van der Waals surface area contributed by atoms with Crippen molar-refractivity contribution in [2.45, 2.75) is 0 Å². The molecule has 0 fully saturated rings. The summed E-state index contributed by atoms with van der Waals surface area (Å²) in [6.07, 6.45) is 0. The van der Waals surface area contributed by atoms with Gasteiger partial charge in [-0.3, -0.25) is 4.79 Å². The number of ether oxygens (including phenoxy) is 1. The second-order valence-corrected chi connectivity index (χ2v) is 2.46. The van der Waals surface area contributed by atoms with Crippen LogP contribution >= 0.6 is 0 Å². The first-order valence-electron chi connectivity index (χ1n) is 3.78. The van der Waals surface area contributed by atoms with Crippen molar-refractivity contribution in [3.63, 3.8) is 0 Å². The number of aromatic hydroxyl groups is 1. The standard InChI is InChI=1S/C9H11NO3/c1-10-9(12)7-5-6(11)3-4-8(7)13-2/h3-5,11H,1-2H3,(H,10,12). The molecule has 0 aliphatic heterocycles. The van der Waals surface area contributed by atoms with Gasteiger partial charge in [-0.15, -0.1) is 0 Å². The van der Waals surface area contributed by atoms with Crippen LogP contribution < -0.4 is 10.1 Å². The molecular weight excluding hydrogens is 170 g/mol. The summed E-state index contributed by atoms with van der Waals surface area (Å²) in [6, 6.07) is 4.36. The van der Waals surface area contributed by atoms with Gasteiger partial charge in [-0.1, -0.05) is 0 Å². The van der Waals surface area contributed by atoms with Crippen LogP contribution in [0, 0.1) is 0 Å². The summed E-state index contributed by atoms with van der Waals surface area (Å²) in [5.74, 6) is 0.198. The van der Waals surface area contributed by atoms with Crippen molar-refractivity contribution in [2.24, 2.45) is 0 Å². The topological polar surface area (TPSA) is 58.6 Å². The van der Waals surface area contributed by atoms with Crippen molar-refractivity contribution in [3.05, 3.63) is 23.8 Å². The number of carbonyl (C=O) groups is 1. The molecule has 1 amide bonds. The van der Waals surface area contributed by atoms with Crippen LogP contribution in [-0.2, 0) is 0 Å². The Morgan fingerprint density at radius 1 is 1.54 bits per heavy atom. The number of benzene rings is 1. The maximum absolute atomic E-state index is 11.2. The van der Waals surface area contributed by atoms with E-state index in [-0.39, 0.29) is 11.7 Å². The molecule has 0 aromatic heterocycles. The third-order valence-corrected chi connectivity index (χ3v) is 1.65. The van der Waals surface area contributed by atoms with E-state index in [2.05, 4.69) is 5.32 Å². The fraction of sp³-hybridized carbons (Fsp3) is 0.222. The first kappa shape index (κ1) is 9.38. The summed E-state index contributed by atoms with van der Waals surface area (Å²) in [6.45, 7) is 0. The van der Waals surface area contributed by atoms with Gasteiger partial charge in [0.2, 0.25) is 0 Å². The number of carbonyl (C=O) groups excluding carboxylic acids is 1. The van der Waals surface area contributed by atoms with Crippen LogP contribution in [0.25, 0.3) is 0 Å². The molecule has 1 aromatic carbocycles. The van der Waals surface area contributed by atoms with E-state index in [4.69, 9.17) is 9.84 Å². The molecule has 0 unspecified atom stereocenters. The van der Waals surface area contributed by atoms with Crippen LogP contribution in [0.4, 0.5) is 0 Å². The predicted octanol–water partition coefficient (Wildman–Crippen LogP) is 0.760. The number of amides is 1. The van der Waals surface area contributed by atoms with Crippen LogP contribution in [0.3, 0.4) is 0 Å². The Kier molecular flexibility index (Phi) is 2.74. The Morgan fingerprint density at radius 2 is 2.23 bits per heavy atom. The minimum absolute atomic E-state index is 0.0411. The van der Waals surface area contributed by atoms with Gasteiger partial charge in [-0.2, -0.15) is 0 Å². The summed E-state index contributed by atoms with van der Waals surface area (Å²) in [7, 11) is 2.99. The van der Waals surface area contributed by atoms with E-state index < -0.39 is 0 Å². The van der Waals surface area contributed by atoms with E-state index in [1.807, 2.05) is 0 Å². The molecule has 0 spiro atoms. The maximum Gasteiger partial charge on any atom is 0.254 e. The third-order valence-electron chi connectivity index (χ3n) is 1.65. The number of nitrogens with one attached hydrogen (secondary N) is 1.